The summed E-state index contributed by atoms with van der Waals surface area (Å²) >= 11 is 6.19. The number of imidazole rings is 1. The van der Waals surface area contributed by atoms with Crippen LogP contribution in [0.2, 0.25) is 5.02 Å². The molecule has 1 aliphatic rings. The van der Waals surface area contributed by atoms with Crippen molar-refractivity contribution in [2.75, 3.05) is 18.6 Å². The molecule has 0 saturated carbocycles. The zero-order valence-electron chi connectivity index (χ0n) is 17.1. The van der Waals surface area contributed by atoms with Crippen LogP contribution in [0, 0.1) is 5.92 Å². The number of aromatic nitrogens is 2. The molecule has 1 atom stereocenters. The maximum Gasteiger partial charge on any atom is 0.227 e. The summed E-state index contributed by atoms with van der Waals surface area (Å²) in [4.78, 5) is 19.6. The Morgan fingerprint density at radius 2 is 2.03 bits per heavy atom. The van der Waals surface area contributed by atoms with E-state index >= 15 is 0 Å². The van der Waals surface area contributed by atoms with E-state index in [-0.39, 0.29) is 11.8 Å². The number of aryl methyl sites for hydroxylation is 1. The summed E-state index contributed by atoms with van der Waals surface area (Å²) < 4.78 is 7.76. The summed E-state index contributed by atoms with van der Waals surface area (Å²) in [6.07, 6.45) is 1.50. The first-order valence-corrected chi connectivity index (χ1v) is 10.4. The molecule has 1 saturated heterocycles. The number of para-hydroxylation sites is 2. The molecule has 2 aromatic carbocycles. The van der Waals surface area contributed by atoms with Gasteiger partial charge in [-0.05, 0) is 42.7 Å². The smallest absolute Gasteiger partial charge is 0.227 e. The van der Waals surface area contributed by atoms with Crippen LogP contribution in [0.1, 0.15) is 38.4 Å². The van der Waals surface area contributed by atoms with E-state index in [1.54, 1.807) is 30.2 Å². The number of halogens is 1. The molecule has 5 nitrogen and oxygen atoms in total. The Morgan fingerprint density at radius 1 is 1.24 bits per heavy atom. The lowest BCUT2D eigenvalue weighted by atomic mass is 10.1. The van der Waals surface area contributed by atoms with Crippen molar-refractivity contribution in [1.29, 1.82) is 0 Å². The number of methoxy groups -OCH3 is 1. The van der Waals surface area contributed by atoms with Gasteiger partial charge in [0.25, 0.3) is 0 Å². The van der Waals surface area contributed by atoms with Crippen LogP contribution in [-0.2, 0) is 11.3 Å². The fraction of sp³-hybridized carbons (Fsp3) is 0.391. The molecule has 152 valence electrons. The number of benzene rings is 2. The Bertz CT molecular complexity index is 1040. The summed E-state index contributed by atoms with van der Waals surface area (Å²) in [6, 6.07) is 13.6. The van der Waals surface area contributed by atoms with Crippen LogP contribution >= 0.6 is 11.6 Å². The largest absolute Gasteiger partial charge is 0.495 e. The zero-order valence-corrected chi connectivity index (χ0v) is 17.8. The van der Waals surface area contributed by atoms with Gasteiger partial charge in [0.05, 0.1) is 23.8 Å². The quantitative estimate of drug-likeness (QED) is 0.555. The molecule has 0 radical (unpaired) electrons. The van der Waals surface area contributed by atoms with Crippen LogP contribution in [0.15, 0.2) is 42.5 Å². The van der Waals surface area contributed by atoms with Crippen molar-refractivity contribution in [3.8, 4) is 5.75 Å². The summed E-state index contributed by atoms with van der Waals surface area (Å²) in [6.45, 7) is 5.93. The van der Waals surface area contributed by atoms with E-state index in [4.69, 9.17) is 21.3 Å². The Kier molecular flexibility index (Phi) is 5.50. The molecule has 3 aromatic rings. The highest BCUT2D eigenvalue weighted by atomic mass is 35.5. The first-order chi connectivity index (χ1) is 14.0. The number of carbonyl (C=O) groups is 1. The lowest BCUT2D eigenvalue weighted by Gasteiger charge is -2.20. The Hall–Kier alpha value is -2.53. The molecule has 0 spiro atoms. The lowest BCUT2D eigenvalue weighted by Crippen LogP contribution is -2.25. The lowest BCUT2D eigenvalue weighted by molar-refractivity contribution is -0.117. The van der Waals surface area contributed by atoms with Gasteiger partial charge in [0.15, 0.2) is 0 Å². The van der Waals surface area contributed by atoms with Crippen molar-refractivity contribution in [3.05, 3.63) is 53.3 Å². The maximum atomic E-state index is 12.9. The SMILES string of the molecule is COc1ccc(Cl)cc1N1C[C@H](c2nc3ccccc3n2CCC(C)C)CC1=O. The molecule has 1 fully saturated rings. The molecular weight excluding hydrogens is 386 g/mol. The predicted octanol–water partition coefficient (Wildman–Crippen LogP) is 5.26. The van der Waals surface area contributed by atoms with Crippen LogP contribution in [0.3, 0.4) is 0 Å². The summed E-state index contributed by atoms with van der Waals surface area (Å²) in [5, 5.41) is 0.584. The summed E-state index contributed by atoms with van der Waals surface area (Å²) in [5.41, 5.74) is 2.84. The highest BCUT2D eigenvalue weighted by Gasteiger charge is 2.36. The van der Waals surface area contributed by atoms with Crippen molar-refractivity contribution in [3.63, 3.8) is 0 Å². The van der Waals surface area contributed by atoms with Gasteiger partial charge in [0.1, 0.15) is 11.6 Å². The molecule has 6 heteroatoms. The fourth-order valence-electron chi connectivity index (χ4n) is 4.02. The minimum Gasteiger partial charge on any atom is -0.495 e. The Balaban J connectivity index is 1.70. The number of fused-ring (bicyclic) bond motifs is 1. The Labute approximate surface area is 176 Å². The highest BCUT2D eigenvalue weighted by Crippen LogP contribution is 2.38. The van der Waals surface area contributed by atoms with Crippen LogP contribution in [0.5, 0.6) is 5.75 Å². The number of hydrogen-bond donors (Lipinski definition) is 0. The van der Waals surface area contributed by atoms with Crippen LogP contribution < -0.4 is 9.64 Å². The van der Waals surface area contributed by atoms with Gasteiger partial charge in [-0.15, -0.1) is 0 Å². The molecule has 0 bridgehead atoms. The van der Waals surface area contributed by atoms with Gasteiger partial charge >= 0.3 is 0 Å². The number of carbonyl (C=O) groups excluding carboxylic acids is 1. The first-order valence-electron chi connectivity index (χ1n) is 10.1. The average Bonchev–Trinajstić information content (AvgIpc) is 3.26. The number of nitrogens with zero attached hydrogens (tertiary/aromatic N) is 3. The third-order valence-electron chi connectivity index (χ3n) is 5.54. The second-order valence-corrected chi connectivity index (χ2v) is 8.45. The third-order valence-corrected chi connectivity index (χ3v) is 5.77. The standard InChI is InChI=1S/C23H26ClN3O2/c1-15(2)10-11-26-19-7-5-4-6-18(19)25-23(26)16-12-22(28)27(14-16)20-13-17(24)8-9-21(20)29-3/h4-9,13,15-16H,10-12,14H2,1-3H3/t16-/m1/s1. The van der Waals surface area contributed by atoms with Crippen molar-refractivity contribution < 1.29 is 9.53 Å². The molecule has 2 heterocycles. The van der Waals surface area contributed by atoms with E-state index in [0.29, 0.717) is 29.7 Å². The van der Waals surface area contributed by atoms with Gasteiger partial charge in [-0.25, -0.2) is 4.98 Å². The Morgan fingerprint density at radius 3 is 2.79 bits per heavy atom. The number of amides is 1. The van der Waals surface area contributed by atoms with E-state index < -0.39 is 0 Å². The van der Waals surface area contributed by atoms with E-state index in [1.165, 1.54) is 0 Å². The summed E-state index contributed by atoms with van der Waals surface area (Å²) in [7, 11) is 1.61. The fourth-order valence-corrected chi connectivity index (χ4v) is 4.18. The number of ether oxygens (including phenoxy) is 1. The topological polar surface area (TPSA) is 47.4 Å². The molecule has 0 N–H and O–H groups in total. The predicted molar refractivity (Wildman–Crippen MR) is 117 cm³/mol. The normalized spacial score (nSPS) is 16.9. The molecular formula is C23H26ClN3O2. The second kappa shape index (κ2) is 8.07. The van der Waals surface area contributed by atoms with Gasteiger partial charge in [-0.1, -0.05) is 37.6 Å². The van der Waals surface area contributed by atoms with Crippen molar-refractivity contribution in [2.24, 2.45) is 5.92 Å². The molecule has 0 unspecified atom stereocenters. The molecule has 4 rings (SSSR count). The monoisotopic (exact) mass is 411 g/mol. The number of anilines is 1. The minimum absolute atomic E-state index is 0.0331. The van der Waals surface area contributed by atoms with Crippen LogP contribution in [0.4, 0.5) is 5.69 Å². The summed E-state index contributed by atoms with van der Waals surface area (Å²) in [5.74, 6) is 2.34. The van der Waals surface area contributed by atoms with E-state index in [2.05, 4.69) is 24.5 Å². The van der Waals surface area contributed by atoms with E-state index in [0.717, 1.165) is 35.5 Å². The minimum atomic E-state index is 0.0331. The van der Waals surface area contributed by atoms with Gasteiger partial charge in [-0.2, -0.15) is 0 Å². The zero-order chi connectivity index (χ0) is 20.5. The van der Waals surface area contributed by atoms with Crippen molar-refractivity contribution >= 4 is 34.2 Å². The number of hydrogen-bond acceptors (Lipinski definition) is 3. The number of rotatable bonds is 6. The third kappa shape index (κ3) is 3.84. The van der Waals surface area contributed by atoms with Crippen LogP contribution in [0.25, 0.3) is 11.0 Å². The highest BCUT2D eigenvalue weighted by molar-refractivity contribution is 6.31. The van der Waals surface area contributed by atoms with E-state index in [1.807, 2.05) is 18.2 Å². The molecule has 1 aliphatic heterocycles. The van der Waals surface area contributed by atoms with Crippen molar-refractivity contribution in [2.45, 2.75) is 39.2 Å². The van der Waals surface area contributed by atoms with Gasteiger partial charge < -0.3 is 14.2 Å². The first kappa shape index (κ1) is 19.8. The van der Waals surface area contributed by atoms with Crippen LogP contribution in [-0.4, -0.2) is 29.1 Å². The molecule has 0 aliphatic carbocycles. The van der Waals surface area contributed by atoms with E-state index in [9.17, 15) is 4.79 Å². The van der Waals surface area contributed by atoms with Gasteiger partial charge in [0, 0.05) is 30.5 Å². The average molecular weight is 412 g/mol. The molecule has 1 amide bonds. The maximum absolute atomic E-state index is 12.9. The van der Waals surface area contributed by atoms with Gasteiger partial charge in [-0.3, -0.25) is 4.79 Å². The van der Waals surface area contributed by atoms with Crippen molar-refractivity contribution in [1.82, 2.24) is 9.55 Å². The molecule has 29 heavy (non-hydrogen) atoms. The second-order valence-electron chi connectivity index (χ2n) is 8.01. The van der Waals surface area contributed by atoms with Gasteiger partial charge in [0.2, 0.25) is 5.91 Å². The molecule has 1 aromatic heterocycles.